The second kappa shape index (κ2) is 21.3. The molecule has 1 fully saturated rings. The third-order valence-corrected chi connectivity index (χ3v) is 9.55. The van der Waals surface area contributed by atoms with Crippen LogP contribution in [0.5, 0.6) is 0 Å². The molecule has 0 saturated heterocycles. The first kappa shape index (κ1) is 45.5. The van der Waals surface area contributed by atoms with Crippen molar-refractivity contribution in [1.82, 2.24) is 0 Å². The van der Waals surface area contributed by atoms with Gasteiger partial charge in [-0.2, -0.15) is 0 Å². The number of aliphatic hydroxyl groups is 5. The summed E-state index contributed by atoms with van der Waals surface area (Å²) in [6.07, 6.45) is 27.4. The first-order chi connectivity index (χ1) is 24.8. The van der Waals surface area contributed by atoms with Crippen LogP contribution < -0.4 is 0 Å². The number of ketones is 1. The van der Waals surface area contributed by atoms with Crippen LogP contribution in [0.25, 0.3) is 0 Å². The van der Waals surface area contributed by atoms with Gasteiger partial charge in [0.05, 0.1) is 5.60 Å². The second-order valence-corrected chi connectivity index (χ2v) is 15.6. The number of aliphatic hydroxyl groups excluding tert-OH is 5. The molecule has 1 saturated carbocycles. The van der Waals surface area contributed by atoms with Crippen LogP contribution in [0.15, 0.2) is 142 Å². The number of carbonyl (C=O) groups excluding carboxylic acids is 1. The van der Waals surface area contributed by atoms with Crippen LogP contribution in [0.1, 0.15) is 88.5 Å². The van der Waals surface area contributed by atoms with Crippen molar-refractivity contribution in [3.63, 3.8) is 0 Å². The second-order valence-electron chi connectivity index (χ2n) is 15.6. The van der Waals surface area contributed by atoms with Crippen LogP contribution in [-0.4, -0.2) is 73.5 Å². The Balaban J connectivity index is 1.84. The Morgan fingerprint density at radius 3 is 1.58 bits per heavy atom. The number of carbonyl (C=O) groups is 1. The summed E-state index contributed by atoms with van der Waals surface area (Å²) >= 11 is 0. The van der Waals surface area contributed by atoms with E-state index in [2.05, 4.69) is 83.2 Å². The van der Waals surface area contributed by atoms with E-state index in [4.69, 9.17) is 4.74 Å². The molecular weight excluding hydrogens is 664 g/mol. The molecular formula is C46H64O7. The standard InChI is InChI=1S/C46H64O7/c1-31(17-11-12-18-32(2)21-16-23-35(5)26-27-37-36(6)38(47)28-30-45(37,7)8)20-15-22-34(4)25-24-33(3)19-13-14-29-46(9,10)53-44-42(51)40(49)39(48)41(50)43(44)52/h11-27,39-44,48-52H,28-30H2,1-10H3. The fourth-order valence-electron chi connectivity index (χ4n) is 5.95. The van der Waals surface area contributed by atoms with Crippen molar-refractivity contribution in [3.05, 3.63) is 142 Å². The summed E-state index contributed by atoms with van der Waals surface area (Å²) in [5, 5.41) is 50.3. The maximum absolute atomic E-state index is 12.2. The van der Waals surface area contributed by atoms with E-state index < -0.39 is 42.2 Å². The number of Topliss-reactive ketones (excluding diaryl/α,β-unsaturated/α-hetero) is 1. The molecule has 0 aromatic rings. The summed E-state index contributed by atoms with van der Waals surface area (Å²) in [5.41, 5.74) is 6.77. The van der Waals surface area contributed by atoms with Gasteiger partial charge in [-0.25, -0.2) is 0 Å². The Bertz CT molecular complexity index is 1610. The van der Waals surface area contributed by atoms with Crippen LogP contribution in [0.2, 0.25) is 0 Å². The Morgan fingerprint density at radius 2 is 1.08 bits per heavy atom. The van der Waals surface area contributed by atoms with Crippen molar-refractivity contribution >= 4 is 5.78 Å². The first-order valence-electron chi connectivity index (χ1n) is 18.5. The molecule has 4 atom stereocenters. The third-order valence-electron chi connectivity index (χ3n) is 9.55. The predicted octanol–water partition coefficient (Wildman–Crippen LogP) is 8.13. The van der Waals surface area contributed by atoms with Crippen LogP contribution in [0.3, 0.4) is 0 Å². The molecule has 7 heteroatoms. The maximum atomic E-state index is 12.2. The number of rotatable bonds is 15. The molecule has 0 aromatic heterocycles. The number of allylic oxidation sites excluding steroid dienone is 23. The Labute approximate surface area is 318 Å². The maximum Gasteiger partial charge on any atom is 0.158 e. The highest BCUT2D eigenvalue weighted by atomic mass is 16.5. The van der Waals surface area contributed by atoms with E-state index in [1.54, 1.807) is 13.8 Å². The smallest absolute Gasteiger partial charge is 0.158 e. The third kappa shape index (κ3) is 15.3. The average Bonchev–Trinajstić information content (AvgIpc) is 3.09. The quantitative estimate of drug-likeness (QED) is 0.108. The van der Waals surface area contributed by atoms with Crippen molar-refractivity contribution < 1.29 is 35.1 Å². The SMILES string of the molecule is CC(C=CC=C(C)C=CC(C)=CC=CCC(C)(C)OC1C(O)C(O)C(O)C(O)C1O)=CC=CC=C(C)C=CC=C(C)C=CC1=C(C)C(=O)CCC1(C)C. The van der Waals surface area contributed by atoms with Crippen LogP contribution in [-0.2, 0) is 9.53 Å². The van der Waals surface area contributed by atoms with E-state index in [-0.39, 0.29) is 11.2 Å². The van der Waals surface area contributed by atoms with E-state index in [9.17, 15) is 30.3 Å². The molecule has 53 heavy (non-hydrogen) atoms. The highest BCUT2D eigenvalue weighted by Gasteiger charge is 2.50. The molecule has 7 nitrogen and oxygen atoms in total. The lowest BCUT2D eigenvalue weighted by Crippen LogP contribution is -2.65. The van der Waals surface area contributed by atoms with E-state index in [1.165, 1.54) is 0 Å². The lowest BCUT2D eigenvalue weighted by Gasteiger charge is -2.44. The summed E-state index contributed by atoms with van der Waals surface area (Å²) in [4.78, 5) is 12.2. The van der Waals surface area contributed by atoms with Gasteiger partial charge in [0, 0.05) is 6.42 Å². The molecule has 0 bridgehead atoms. The molecule has 0 radical (unpaired) electrons. The van der Waals surface area contributed by atoms with Gasteiger partial charge in [0.25, 0.3) is 0 Å². The highest BCUT2D eigenvalue weighted by molar-refractivity contribution is 5.97. The van der Waals surface area contributed by atoms with Gasteiger partial charge in [0.1, 0.15) is 36.6 Å². The topological polar surface area (TPSA) is 127 Å². The molecule has 2 aliphatic rings. The average molecular weight is 729 g/mol. The van der Waals surface area contributed by atoms with Crippen molar-refractivity contribution in [2.75, 3.05) is 0 Å². The molecule has 0 aromatic carbocycles. The fourth-order valence-corrected chi connectivity index (χ4v) is 5.95. The fraction of sp³-hybridized carbons (Fsp3) is 0.457. The Kier molecular flexibility index (Phi) is 18.2. The van der Waals surface area contributed by atoms with Gasteiger partial charge in [-0.1, -0.05) is 145 Å². The lowest BCUT2D eigenvalue weighted by atomic mass is 9.72. The van der Waals surface area contributed by atoms with E-state index in [0.29, 0.717) is 12.8 Å². The zero-order valence-corrected chi connectivity index (χ0v) is 33.5. The normalized spacial score (nSPS) is 27.8. The Hall–Kier alpha value is -3.69. The van der Waals surface area contributed by atoms with Crippen molar-refractivity contribution in [2.45, 2.75) is 131 Å². The predicted molar refractivity (Wildman–Crippen MR) is 218 cm³/mol. The van der Waals surface area contributed by atoms with Gasteiger partial charge in [-0.15, -0.1) is 0 Å². The minimum absolute atomic E-state index is 0.0202. The molecule has 0 amide bonds. The van der Waals surface area contributed by atoms with Crippen molar-refractivity contribution in [2.24, 2.45) is 5.41 Å². The largest absolute Gasteiger partial charge is 0.387 e. The summed E-state index contributed by atoms with van der Waals surface area (Å²) in [6, 6.07) is 0. The summed E-state index contributed by atoms with van der Waals surface area (Å²) in [6.45, 7) is 20.2. The number of ether oxygens (including phenoxy) is 1. The minimum Gasteiger partial charge on any atom is -0.387 e. The molecule has 5 N–H and O–H groups in total. The molecule has 290 valence electrons. The van der Waals surface area contributed by atoms with E-state index in [1.807, 2.05) is 75.5 Å². The van der Waals surface area contributed by atoms with Crippen molar-refractivity contribution in [3.8, 4) is 0 Å². The summed E-state index contributed by atoms with van der Waals surface area (Å²) in [7, 11) is 0. The molecule has 4 unspecified atom stereocenters. The zero-order valence-electron chi connectivity index (χ0n) is 33.5. The lowest BCUT2D eigenvalue weighted by molar-refractivity contribution is -0.256. The molecule has 2 aliphatic carbocycles. The van der Waals surface area contributed by atoms with Gasteiger partial charge >= 0.3 is 0 Å². The van der Waals surface area contributed by atoms with Crippen LogP contribution in [0, 0.1) is 5.41 Å². The number of hydrogen-bond acceptors (Lipinski definition) is 7. The highest BCUT2D eigenvalue weighted by Crippen LogP contribution is 2.39. The molecule has 0 heterocycles. The van der Waals surface area contributed by atoms with Gasteiger partial charge in [0.15, 0.2) is 5.78 Å². The molecule has 0 spiro atoms. The zero-order chi connectivity index (χ0) is 39.9. The summed E-state index contributed by atoms with van der Waals surface area (Å²) in [5.74, 6) is 0.256. The monoisotopic (exact) mass is 728 g/mol. The van der Waals surface area contributed by atoms with E-state index in [0.717, 1.165) is 45.4 Å². The van der Waals surface area contributed by atoms with E-state index >= 15 is 0 Å². The molecule has 2 rings (SSSR count). The molecule has 0 aliphatic heterocycles. The van der Waals surface area contributed by atoms with Gasteiger partial charge in [-0.05, 0) is 84.8 Å². The van der Waals surface area contributed by atoms with Crippen molar-refractivity contribution in [1.29, 1.82) is 0 Å². The van der Waals surface area contributed by atoms with Gasteiger partial charge in [0.2, 0.25) is 0 Å². The van der Waals surface area contributed by atoms with Crippen LogP contribution in [0.4, 0.5) is 0 Å². The Morgan fingerprint density at radius 1 is 0.660 bits per heavy atom. The van der Waals surface area contributed by atoms with Gasteiger partial charge < -0.3 is 30.3 Å². The van der Waals surface area contributed by atoms with Gasteiger partial charge in [-0.3, -0.25) is 4.79 Å². The van der Waals surface area contributed by atoms with Crippen LogP contribution >= 0.6 is 0 Å². The number of hydrogen-bond donors (Lipinski definition) is 5. The first-order valence-corrected chi connectivity index (χ1v) is 18.5. The summed E-state index contributed by atoms with van der Waals surface area (Å²) < 4.78 is 5.86. The minimum atomic E-state index is -1.65.